The highest BCUT2D eigenvalue weighted by Crippen LogP contribution is 2.21. The Morgan fingerprint density at radius 1 is 1.20 bits per heavy atom. The maximum atomic E-state index is 12.4. The molecule has 1 amide bonds. The first-order valence-electron chi connectivity index (χ1n) is 6.63. The molecule has 0 saturated heterocycles. The molecule has 0 spiro atoms. The van der Waals surface area contributed by atoms with Gasteiger partial charge in [0.25, 0.3) is 0 Å². The number of rotatable bonds is 3. The summed E-state index contributed by atoms with van der Waals surface area (Å²) >= 11 is 0. The van der Waals surface area contributed by atoms with Crippen LogP contribution in [0.5, 0.6) is 0 Å². The number of benzene rings is 1. The number of amides is 1. The van der Waals surface area contributed by atoms with E-state index in [4.69, 9.17) is 0 Å². The second-order valence-corrected chi connectivity index (χ2v) is 5.31. The molecule has 0 aliphatic carbocycles. The molecule has 1 aliphatic heterocycles. The van der Waals surface area contributed by atoms with E-state index in [1.807, 2.05) is 44.2 Å². The van der Waals surface area contributed by atoms with Crippen LogP contribution in [0, 0.1) is 5.92 Å². The zero-order valence-electron chi connectivity index (χ0n) is 11.5. The summed E-state index contributed by atoms with van der Waals surface area (Å²) in [6.07, 6.45) is 0. The molecule has 0 fully saturated rings. The number of nitrogens with zero attached hydrogens (tertiary/aromatic N) is 4. The molecule has 0 N–H and O–H groups in total. The molecule has 6 nitrogen and oxygen atoms in total. The molecule has 20 heavy (non-hydrogen) atoms. The molecule has 6 heteroatoms. The lowest BCUT2D eigenvalue weighted by Gasteiger charge is -2.14. The van der Waals surface area contributed by atoms with E-state index in [2.05, 4.69) is 5.10 Å². The van der Waals surface area contributed by atoms with Crippen LogP contribution in [-0.4, -0.2) is 20.4 Å². The number of para-hydroxylation sites is 1. The summed E-state index contributed by atoms with van der Waals surface area (Å²) < 4.78 is 2.54. The Labute approximate surface area is 116 Å². The van der Waals surface area contributed by atoms with Crippen molar-refractivity contribution < 1.29 is 4.79 Å². The van der Waals surface area contributed by atoms with E-state index >= 15 is 0 Å². The molecule has 1 aromatic carbocycles. The highest BCUT2D eigenvalue weighted by atomic mass is 16.2. The zero-order chi connectivity index (χ0) is 14.3. The topological polar surface area (TPSA) is 60.1 Å². The quantitative estimate of drug-likeness (QED) is 0.854. The predicted octanol–water partition coefficient (Wildman–Crippen LogP) is 1.69. The number of aromatic nitrogens is 3. The van der Waals surface area contributed by atoms with Crippen LogP contribution in [0.2, 0.25) is 0 Å². The first-order valence-corrected chi connectivity index (χ1v) is 6.63. The molecule has 0 atom stereocenters. The molecule has 1 aliphatic rings. The lowest BCUT2D eigenvalue weighted by atomic mass is 10.2. The molecular formula is C14H16N4O2. The van der Waals surface area contributed by atoms with E-state index < -0.39 is 0 Å². The van der Waals surface area contributed by atoms with Crippen LogP contribution in [0.3, 0.4) is 0 Å². The van der Waals surface area contributed by atoms with Gasteiger partial charge in [0.15, 0.2) is 5.82 Å². The van der Waals surface area contributed by atoms with Crippen LogP contribution in [0.25, 0.3) is 0 Å². The van der Waals surface area contributed by atoms with Gasteiger partial charge in [0.05, 0.1) is 6.54 Å². The molecule has 2 aromatic rings. The Balaban J connectivity index is 1.95. The first-order chi connectivity index (χ1) is 9.58. The van der Waals surface area contributed by atoms with Gasteiger partial charge in [-0.05, 0) is 18.1 Å². The summed E-state index contributed by atoms with van der Waals surface area (Å²) in [6.45, 7) is 4.88. The molecule has 0 unspecified atom stereocenters. The molecular weight excluding hydrogens is 256 g/mol. The third-order valence-corrected chi connectivity index (χ3v) is 3.23. The number of anilines is 1. The molecule has 3 rings (SSSR count). The van der Waals surface area contributed by atoms with Crippen LogP contribution < -0.4 is 10.6 Å². The molecule has 104 valence electrons. The first kappa shape index (κ1) is 12.7. The second kappa shape index (κ2) is 4.63. The minimum Gasteiger partial charge on any atom is -0.286 e. The predicted molar refractivity (Wildman–Crippen MR) is 74.7 cm³/mol. The fraction of sp³-hybridized carbons (Fsp3) is 0.357. The Morgan fingerprint density at radius 2 is 1.90 bits per heavy atom. The van der Waals surface area contributed by atoms with E-state index in [-0.39, 0.29) is 11.7 Å². The fourth-order valence-electron chi connectivity index (χ4n) is 2.35. The smallest absolute Gasteiger partial charge is 0.286 e. The average Bonchev–Trinajstić information content (AvgIpc) is 2.89. The zero-order valence-corrected chi connectivity index (χ0v) is 11.5. The third-order valence-electron chi connectivity index (χ3n) is 3.23. The SMILES string of the molecule is CC(C)Cn1nc2n(c1=O)C(=O)N(c1ccccc1)C2. The molecule has 0 radical (unpaired) electrons. The summed E-state index contributed by atoms with van der Waals surface area (Å²) in [5.74, 6) is 0.813. The van der Waals surface area contributed by atoms with E-state index in [1.54, 1.807) is 4.90 Å². The van der Waals surface area contributed by atoms with Gasteiger partial charge in [-0.15, -0.1) is 0 Å². The standard InChI is InChI=1S/C14H16N4O2/c1-10(2)8-17-14(20)18-12(15-17)9-16(13(18)19)11-6-4-3-5-7-11/h3-7,10H,8-9H2,1-2H3. The summed E-state index contributed by atoms with van der Waals surface area (Å²) in [5.41, 5.74) is 0.426. The van der Waals surface area contributed by atoms with Crippen molar-refractivity contribution in [1.29, 1.82) is 0 Å². The van der Waals surface area contributed by atoms with Crippen molar-refractivity contribution in [3.63, 3.8) is 0 Å². The van der Waals surface area contributed by atoms with E-state index in [0.717, 1.165) is 10.3 Å². The van der Waals surface area contributed by atoms with E-state index in [1.165, 1.54) is 4.68 Å². The van der Waals surface area contributed by atoms with E-state index in [9.17, 15) is 9.59 Å². The van der Waals surface area contributed by atoms with Crippen molar-refractivity contribution in [2.75, 3.05) is 4.90 Å². The van der Waals surface area contributed by atoms with Crippen LogP contribution in [-0.2, 0) is 13.1 Å². The number of carbonyl (C=O) groups is 1. The lowest BCUT2D eigenvalue weighted by molar-refractivity contribution is 0.249. The number of fused-ring (bicyclic) bond motifs is 1. The van der Waals surface area contributed by atoms with Gasteiger partial charge in [-0.1, -0.05) is 32.0 Å². The molecule has 0 saturated carbocycles. The van der Waals surface area contributed by atoms with Gasteiger partial charge < -0.3 is 0 Å². The fourth-order valence-corrected chi connectivity index (χ4v) is 2.35. The van der Waals surface area contributed by atoms with Crippen molar-refractivity contribution in [3.05, 3.63) is 46.6 Å². The molecule has 2 heterocycles. The van der Waals surface area contributed by atoms with Crippen molar-refractivity contribution in [2.24, 2.45) is 5.92 Å². The van der Waals surface area contributed by atoms with Crippen LogP contribution in [0.4, 0.5) is 10.5 Å². The Kier molecular flexibility index (Phi) is 2.93. The molecule has 0 bridgehead atoms. The van der Waals surface area contributed by atoms with Gasteiger partial charge in [0.2, 0.25) is 0 Å². The van der Waals surface area contributed by atoms with Crippen LogP contribution in [0.15, 0.2) is 35.1 Å². The number of hydrogen-bond donors (Lipinski definition) is 0. The summed E-state index contributed by atoms with van der Waals surface area (Å²) in [5, 5.41) is 4.26. The minimum absolute atomic E-state index is 0.309. The summed E-state index contributed by atoms with van der Waals surface area (Å²) in [7, 11) is 0. The van der Waals surface area contributed by atoms with Gasteiger partial charge in [-0.3, -0.25) is 4.90 Å². The van der Waals surface area contributed by atoms with Crippen LogP contribution in [0.1, 0.15) is 19.7 Å². The summed E-state index contributed by atoms with van der Waals surface area (Å²) in [6, 6.07) is 8.97. The van der Waals surface area contributed by atoms with Crippen molar-refractivity contribution in [2.45, 2.75) is 26.9 Å². The van der Waals surface area contributed by atoms with Crippen molar-refractivity contribution >= 4 is 11.7 Å². The van der Waals surface area contributed by atoms with Crippen LogP contribution >= 0.6 is 0 Å². The summed E-state index contributed by atoms with van der Waals surface area (Å²) in [4.78, 5) is 26.1. The van der Waals surface area contributed by atoms with E-state index in [0.29, 0.717) is 24.8 Å². The highest BCUT2D eigenvalue weighted by Gasteiger charge is 2.33. The van der Waals surface area contributed by atoms with Gasteiger partial charge in [0.1, 0.15) is 0 Å². The molecule has 1 aromatic heterocycles. The van der Waals surface area contributed by atoms with Crippen molar-refractivity contribution in [3.8, 4) is 0 Å². The maximum Gasteiger partial charge on any atom is 0.354 e. The lowest BCUT2D eigenvalue weighted by Crippen LogP contribution is -2.35. The van der Waals surface area contributed by atoms with Gasteiger partial charge in [-0.25, -0.2) is 14.3 Å². The highest BCUT2D eigenvalue weighted by molar-refractivity contribution is 5.95. The number of carbonyl (C=O) groups excluding carboxylic acids is 1. The number of hydrogen-bond acceptors (Lipinski definition) is 3. The minimum atomic E-state index is -0.350. The Bertz CT molecular complexity index is 700. The average molecular weight is 272 g/mol. The largest absolute Gasteiger partial charge is 0.354 e. The normalized spacial score (nSPS) is 14.2. The van der Waals surface area contributed by atoms with Gasteiger partial charge in [0, 0.05) is 12.2 Å². The maximum absolute atomic E-state index is 12.4. The van der Waals surface area contributed by atoms with Gasteiger partial charge in [-0.2, -0.15) is 9.67 Å². The van der Waals surface area contributed by atoms with Crippen molar-refractivity contribution in [1.82, 2.24) is 14.3 Å². The monoisotopic (exact) mass is 272 g/mol. The third kappa shape index (κ3) is 1.93. The Morgan fingerprint density at radius 3 is 2.50 bits per heavy atom. The van der Waals surface area contributed by atoms with Gasteiger partial charge >= 0.3 is 11.7 Å². The second-order valence-electron chi connectivity index (χ2n) is 5.31. The Hall–Kier alpha value is -2.37.